The SMILES string of the molecule is COC(=O)c1sc(N2C(=O)c3oc4ccccc4c(=O)c3C2c2ccccc2)nc1C. The molecule has 1 aliphatic heterocycles. The highest BCUT2D eigenvalue weighted by Gasteiger charge is 2.45. The molecule has 5 rings (SSSR count). The Bertz CT molecular complexity index is 1410. The molecule has 1 aliphatic rings. The van der Waals surface area contributed by atoms with E-state index in [1.807, 2.05) is 30.3 Å². The number of methoxy groups -OCH3 is 1. The van der Waals surface area contributed by atoms with E-state index < -0.39 is 17.9 Å². The molecule has 0 fully saturated rings. The molecule has 154 valence electrons. The molecule has 0 aliphatic carbocycles. The van der Waals surface area contributed by atoms with E-state index in [-0.39, 0.29) is 16.8 Å². The number of anilines is 1. The fourth-order valence-corrected chi connectivity index (χ4v) is 4.85. The van der Waals surface area contributed by atoms with Crippen molar-refractivity contribution in [3.8, 4) is 0 Å². The number of hydrogen-bond donors (Lipinski definition) is 0. The zero-order valence-corrected chi connectivity index (χ0v) is 17.4. The number of benzene rings is 2. The molecular formula is C23H16N2O5S. The number of aryl methyl sites for hydroxylation is 1. The third kappa shape index (κ3) is 2.87. The van der Waals surface area contributed by atoms with Crippen molar-refractivity contribution < 1.29 is 18.7 Å². The van der Waals surface area contributed by atoms with Crippen LogP contribution in [0.15, 0.2) is 63.8 Å². The minimum atomic E-state index is -0.722. The van der Waals surface area contributed by atoms with Crippen molar-refractivity contribution in [2.75, 3.05) is 12.0 Å². The quantitative estimate of drug-likeness (QED) is 0.453. The van der Waals surface area contributed by atoms with Crippen molar-refractivity contribution in [2.45, 2.75) is 13.0 Å². The second-order valence-corrected chi connectivity index (χ2v) is 8.04. The number of carbonyl (C=O) groups excluding carboxylic acids is 2. The van der Waals surface area contributed by atoms with Gasteiger partial charge in [-0.05, 0) is 24.6 Å². The lowest BCUT2D eigenvalue weighted by Gasteiger charge is -2.22. The summed E-state index contributed by atoms with van der Waals surface area (Å²) < 4.78 is 10.7. The molecular weight excluding hydrogens is 416 g/mol. The summed E-state index contributed by atoms with van der Waals surface area (Å²) in [4.78, 5) is 45.2. The zero-order valence-electron chi connectivity index (χ0n) is 16.6. The average molecular weight is 432 g/mol. The fourth-order valence-electron chi connectivity index (χ4n) is 3.84. The molecule has 8 heteroatoms. The van der Waals surface area contributed by atoms with Gasteiger partial charge in [0.05, 0.1) is 29.8 Å². The molecule has 2 aromatic heterocycles. The molecule has 31 heavy (non-hydrogen) atoms. The molecule has 0 N–H and O–H groups in total. The first-order valence-corrected chi connectivity index (χ1v) is 10.3. The Kier molecular flexibility index (Phi) is 4.44. The van der Waals surface area contributed by atoms with Gasteiger partial charge in [0.2, 0.25) is 5.76 Å². The van der Waals surface area contributed by atoms with E-state index in [0.717, 1.165) is 16.9 Å². The first-order chi connectivity index (χ1) is 15.0. The van der Waals surface area contributed by atoms with E-state index in [1.54, 1.807) is 31.2 Å². The van der Waals surface area contributed by atoms with Crippen LogP contribution in [0.5, 0.6) is 0 Å². The highest BCUT2D eigenvalue weighted by Crippen LogP contribution is 2.43. The molecule has 4 aromatic rings. The lowest BCUT2D eigenvalue weighted by molar-refractivity contribution is 0.0605. The van der Waals surface area contributed by atoms with Gasteiger partial charge in [0, 0.05) is 0 Å². The summed E-state index contributed by atoms with van der Waals surface area (Å²) >= 11 is 1.05. The van der Waals surface area contributed by atoms with Crippen molar-refractivity contribution in [1.29, 1.82) is 0 Å². The number of thiazole rings is 1. The molecule has 1 atom stereocenters. The number of nitrogens with zero attached hydrogens (tertiary/aromatic N) is 2. The highest BCUT2D eigenvalue weighted by molar-refractivity contribution is 7.17. The van der Waals surface area contributed by atoms with E-state index >= 15 is 0 Å². The predicted octanol–water partition coefficient (Wildman–Crippen LogP) is 4.09. The van der Waals surface area contributed by atoms with E-state index in [2.05, 4.69) is 4.98 Å². The molecule has 3 heterocycles. The number of amides is 1. The maximum absolute atomic E-state index is 13.5. The van der Waals surface area contributed by atoms with E-state index in [1.165, 1.54) is 12.0 Å². The van der Waals surface area contributed by atoms with Crippen LogP contribution >= 0.6 is 11.3 Å². The molecule has 0 saturated carbocycles. The number of fused-ring (bicyclic) bond motifs is 2. The van der Waals surface area contributed by atoms with Gasteiger partial charge in [-0.3, -0.25) is 14.5 Å². The summed E-state index contributed by atoms with van der Waals surface area (Å²) in [6, 6.07) is 15.3. The van der Waals surface area contributed by atoms with Crippen LogP contribution in [0, 0.1) is 6.92 Å². The van der Waals surface area contributed by atoms with Gasteiger partial charge in [0.15, 0.2) is 10.6 Å². The maximum atomic E-state index is 13.5. The summed E-state index contributed by atoms with van der Waals surface area (Å²) in [7, 11) is 1.29. The number of ether oxygens (including phenoxy) is 1. The van der Waals surface area contributed by atoms with Crippen LogP contribution in [0.2, 0.25) is 0 Å². The monoisotopic (exact) mass is 432 g/mol. The third-order valence-corrected chi connectivity index (χ3v) is 6.39. The summed E-state index contributed by atoms with van der Waals surface area (Å²) in [5, 5.41) is 0.703. The Labute approximate surface area is 180 Å². The number of aromatic nitrogens is 1. The molecule has 0 bridgehead atoms. The van der Waals surface area contributed by atoms with Crippen LogP contribution in [-0.4, -0.2) is 24.0 Å². The van der Waals surface area contributed by atoms with Crippen molar-refractivity contribution in [2.24, 2.45) is 0 Å². The molecule has 2 aromatic carbocycles. The number of hydrogen-bond acceptors (Lipinski definition) is 7. The largest absolute Gasteiger partial charge is 0.465 e. The lowest BCUT2D eigenvalue weighted by Crippen LogP contribution is -2.29. The van der Waals surface area contributed by atoms with Crippen LogP contribution in [0.1, 0.15) is 43.1 Å². The summed E-state index contributed by atoms with van der Waals surface area (Å²) in [6.07, 6.45) is 0. The van der Waals surface area contributed by atoms with Crippen molar-refractivity contribution in [3.63, 3.8) is 0 Å². The van der Waals surface area contributed by atoms with Gasteiger partial charge < -0.3 is 9.15 Å². The second-order valence-electron chi connectivity index (χ2n) is 7.06. The van der Waals surface area contributed by atoms with E-state index in [0.29, 0.717) is 26.7 Å². The summed E-state index contributed by atoms with van der Waals surface area (Å²) in [5.74, 6) is -1.01. The van der Waals surface area contributed by atoms with E-state index in [9.17, 15) is 14.4 Å². The first-order valence-electron chi connectivity index (χ1n) is 9.51. The van der Waals surface area contributed by atoms with Gasteiger partial charge in [0.25, 0.3) is 5.91 Å². The first kappa shape index (κ1) is 19.2. The van der Waals surface area contributed by atoms with Crippen LogP contribution in [0.25, 0.3) is 11.0 Å². The van der Waals surface area contributed by atoms with Crippen LogP contribution in [0.3, 0.4) is 0 Å². The Morgan fingerprint density at radius 2 is 1.81 bits per heavy atom. The van der Waals surface area contributed by atoms with Gasteiger partial charge in [-0.25, -0.2) is 9.78 Å². The van der Waals surface area contributed by atoms with Gasteiger partial charge in [-0.2, -0.15) is 0 Å². The number of esters is 1. The van der Waals surface area contributed by atoms with Crippen LogP contribution < -0.4 is 10.3 Å². The standard InChI is InChI=1S/C23H16N2O5S/c1-12-20(22(28)29-2)31-23(24-12)25-17(13-8-4-3-5-9-13)16-18(26)14-10-6-7-11-15(14)30-19(16)21(25)27/h3-11,17H,1-2H3. The fraction of sp³-hybridized carbons (Fsp3) is 0.130. The van der Waals surface area contributed by atoms with Gasteiger partial charge in [-0.1, -0.05) is 53.8 Å². The summed E-state index contributed by atoms with van der Waals surface area (Å²) in [5.41, 5.74) is 1.54. The van der Waals surface area contributed by atoms with Crippen molar-refractivity contribution in [1.82, 2.24) is 4.98 Å². The van der Waals surface area contributed by atoms with Gasteiger partial charge in [-0.15, -0.1) is 0 Å². The normalized spacial score (nSPS) is 15.4. The third-order valence-electron chi connectivity index (χ3n) is 5.26. The van der Waals surface area contributed by atoms with Crippen molar-refractivity contribution in [3.05, 3.63) is 92.3 Å². The average Bonchev–Trinajstić information content (AvgIpc) is 3.31. The molecule has 7 nitrogen and oxygen atoms in total. The number of para-hydroxylation sites is 1. The highest BCUT2D eigenvalue weighted by atomic mass is 32.1. The van der Waals surface area contributed by atoms with Gasteiger partial charge in [0.1, 0.15) is 10.5 Å². The Balaban J connectivity index is 1.78. The molecule has 0 radical (unpaired) electrons. The van der Waals surface area contributed by atoms with Gasteiger partial charge >= 0.3 is 5.97 Å². The molecule has 1 unspecified atom stereocenters. The topological polar surface area (TPSA) is 89.7 Å². The molecule has 0 saturated heterocycles. The maximum Gasteiger partial charge on any atom is 0.350 e. The number of rotatable bonds is 3. The zero-order chi connectivity index (χ0) is 21.7. The number of carbonyl (C=O) groups is 2. The van der Waals surface area contributed by atoms with Crippen molar-refractivity contribution >= 4 is 39.3 Å². The smallest absolute Gasteiger partial charge is 0.350 e. The Morgan fingerprint density at radius 1 is 1.10 bits per heavy atom. The molecule has 0 spiro atoms. The second kappa shape index (κ2) is 7.17. The molecule has 1 amide bonds. The Hall–Kier alpha value is -3.78. The predicted molar refractivity (Wildman–Crippen MR) is 116 cm³/mol. The Morgan fingerprint density at radius 3 is 2.55 bits per heavy atom. The van der Waals surface area contributed by atoms with Crippen LogP contribution in [0.4, 0.5) is 5.13 Å². The summed E-state index contributed by atoms with van der Waals surface area (Å²) in [6.45, 7) is 1.68. The minimum absolute atomic E-state index is 0.00924. The lowest BCUT2D eigenvalue weighted by atomic mass is 9.99. The van der Waals surface area contributed by atoms with E-state index in [4.69, 9.17) is 9.15 Å². The minimum Gasteiger partial charge on any atom is -0.465 e. The van der Waals surface area contributed by atoms with Crippen LogP contribution in [-0.2, 0) is 4.74 Å².